The topological polar surface area (TPSA) is 44.8 Å². The van der Waals surface area contributed by atoms with Crippen molar-refractivity contribution in [3.05, 3.63) is 47.3 Å². The molecule has 3 rings (SSSR count). The van der Waals surface area contributed by atoms with Gasteiger partial charge in [0.1, 0.15) is 5.82 Å². The lowest BCUT2D eigenvalue weighted by Gasteiger charge is -2.27. The fraction of sp³-hybridized carbons (Fsp3) is 0.385. The van der Waals surface area contributed by atoms with Crippen molar-refractivity contribution in [2.24, 2.45) is 0 Å². The van der Waals surface area contributed by atoms with Crippen molar-refractivity contribution in [3.63, 3.8) is 0 Å². The van der Waals surface area contributed by atoms with Crippen LogP contribution in [0.3, 0.4) is 0 Å². The van der Waals surface area contributed by atoms with Crippen molar-refractivity contribution >= 4 is 0 Å². The third-order valence-electron chi connectivity index (χ3n) is 3.20. The molecule has 1 N–H and O–H groups in total. The second-order valence-electron chi connectivity index (χ2n) is 4.55. The van der Waals surface area contributed by atoms with E-state index in [1.54, 1.807) is 0 Å². The Hall–Kier alpha value is -1.68. The highest BCUT2D eigenvalue weighted by Gasteiger charge is 2.18. The molecule has 4 nitrogen and oxygen atoms in total. The van der Waals surface area contributed by atoms with Gasteiger partial charge in [0, 0.05) is 37.7 Å². The maximum atomic E-state index is 4.53. The molecule has 17 heavy (non-hydrogen) atoms. The van der Waals surface area contributed by atoms with E-state index in [9.17, 15) is 0 Å². The highest BCUT2D eigenvalue weighted by Crippen LogP contribution is 2.17. The number of fused-ring (bicyclic) bond motifs is 1. The molecule has 1 aliphatic rings. The Balaban J connectivity index is 1.76. The second-order valence-corrected chi connectivity index (χ2v) is 4.55. The molecular weight excluding hydrogens is 212 g/mol. The van der Waals surface area contributed by atoms with E-state index in [0.29, 0.717) is 0 Å². The van der Waals surface area contributed by atoms with Crippen molar-refractivity contribution in [2.75, 3.05) is 6.54 Å². The molecule has 3 heterocycles. The number of nitrogens with zero attached hydrogens (tertiary/aromatic N) is 3. The molecule has 0 bridgehead atoms. The smallest absolute Gasteiger partial charge is 0.125 e. The van der Waals surface area contributed by atoms with Crippen molar-refractivity contribution in [1.29, 1.82) is 0 Å². The summed E-state index contributed by atoms with van der Waals surface area (Å²) in [5.74, 6) is 0.866. The van der Waals surface area contributed by atoms with Crippen LogP contribution in [0.5, 0.6) is 0 Å². The predicted octanol–water partition coefficient (Wildman–Crippen LogP) is 1.67. The molecule has 0 unspecified atom stereocenters. The molecule has 88 valence electrons. The van der Waals surface area contributed by atoms with Gasteiger partial charge in [0.15, 0.2) is 0 Å². The normalized spacial score (nSPS) is 15.8. The molecule has 0 aliphatic carbocycles. The molecule has 0 atom stereocenters. The van der Waals surface area contributed by atoms with Crippen LogP contribution >= 0.6 is 0 Å². The maximum absolute atomic E-state index is 4.53. The highest BCUT2D eigenvalue weighted by atomic mass is 15.1. The Kier molecular flexibility index (Phi) is 2.65. The van der Waals surface area contributed by atoms with Crippen LogP contribution in [0.15, 0.2) is 24.5 Å². The van der Waals surface area contributed by atoms with Gasteiger partial charge in [-0.25, -0.2) is 9.97 Å². The first-order valence-corrected chi connectivity index (χ1v) is 5.97. The van der Waals surface area contributed by atoms with Gasteiger partial charge in [-0.2, -0.15) is 0 Å². The van der Waals surface area contributed by atoms with Gasteiger partial charge < -0.3 is 4.98 Å². The van der Waals surface area contributed by atoms with Crippen LogP contribution in [0.1, 0.15) is 22.8 Å². The third-order valence-corrected chi connectivity index (χ3v) is 3.20. The Morgan fingerprint density at radius 3 is 3.24 bits per heavy atom. The lowest BCUT2D eigenvalue weighted by atomic mass is 10.1. The molecule has 0 aromatic carbocycles. The minimum Gasteiger partial charge on any atom is -0.364 e. The zero-order chi connectivity index (χ0) is 11.7. The monoisotopic (exact) mass is 228 g/mol. The van der Waals surface area contributed by atoms with E-state index in [-0.39, 0.29) is 0 Å². The Morgan fingerprint density at radius 1 is 1.47 bits per heavy atom. The van der Waals surface area contributed by atoms with Crippen LogP contribution in [-0.2, 0) is 19.5 Å². The van der Waals surface area contributed by atoms with Crippen LogP contribution in [-0.4, -0.2) is 26.4 Å². The van der Waals surface area contributed by atoms with Gasteiger partial charge >= 0.3 is 0 Å². The summed E-state index contributed by atoms with van der Waals surface area (Å²) >= 11 is 0. The Morgan fingerprint density at radius 2 is 2.41 bits per heavy atom. The molecule has 0 fully saturated rings. The summed E-state index contributed by atoms with van der Waals surface area (Å²) in [6.07, 6.45) is 5.00. The van der Waals surface area contributed by atoms with Gasteiger partial charge in [0.25, 0.3) is 0 Å². The lowest BCUT2D eigenvalue weighted by Crippen LogP contribution is -2.31. The van der Waals surface area contributed by atoms with Gasteiger partial charge in [0.2, 0.25) is 0 Å². The molecular formula is C13H16N4. The number of rotatable bonds is 2. The SMILES string of the molecule is Cc1ncc2c(n1)CN(Cc1ccc[nH]1)CC2. The quantitative estimate of drug-likeness (QED) is 0.850. The number of aromatic nitrogens is 3. The van der Waals surface area contributed by atoms with Crippen molar-refractivity contribution in [2.45, 2.75) is 26.4 Å². The molecule has 0 saturated carbocycles. The molecule has 2 aromatic rings. The average Bonchev–Trinajstić information content (AvgIpc) is 2.81. The Labute approximate surface area is 101 Å². The first kappa shape index (κ1) is 10.5. The van der Waals surface area contributed by atoms with E-state index >= 15 is 0 Å². The summed E-state index contributed by atoms with van der Waals surface area (Å²) in [6.45, 7) is 4.93. The molecule has 2 aromatic heterocycles. The minimum atomic E-state index is 0.866. The first-order chi connectivity index (χ1) is 8.31. The number of aryl methyl sites for hydroxylation is 1. The first-order valence-electron chi connectivity index (χ1n) is 5.97. The zero-order valence-corrected chi connectivity index (χ0v) is 9.98. The van der Waals surface area contributed by atoms with Crippen molar-refractivity contribution in [1.82, 2.24) is 19.9 Å². The van der Waals surface area contributed by atoms with Gasteiger partial charge in [0.05, 0.1) is 5.69 Å². The standard InChI is InChI=1S/C13H16N4/c1-10-15-7-11-4-6-17(9-13(11)16-10)8-12-3-2-5-14-12/h2-3,5,7,14H,4,6,8-9H2,1H3. The van der Waals surface area contributed by atoms with Crippen molar-refractivity contribution < 1.29 is 0 Å². The summed E-state index contributed by atoms with van der Waals surface area (Å²) in [5, 5.41) is 0. The molecule has 0 radical (unpaired) electrons. The minimum absolute atomic E-state index is 0.866. The number of aromatic amines is 1. The zero-order valence-electron chi connectivity index (χ0n) is 9.98. The van der Waals surface area contributed by atoms with E-state index in [1.165, 1.54) is 17.0 Å². The molecule has 1 aliphatic heterocycles. The fourth-order valence-corrected chi connectivity index (χ4v) is 2.30. The van der Waals surface area contributed by atoms with Crippen LogP contribution in [0.25, 0.3) is 0 Å². The second kappa shape index (κ2) is 4.30. The van der Waals surface area contributed by atoms with Crippen LogP contribution in [0, 0.1) is 6.92 Å². The van der Waals surface area contributed by atoms with Crippen LogP contribution < -0.4 is 0 Å². The van der Waals surface area contributed by atoms with E-state index in [2.05, 4.69) is 25.9 Å². The fourth-order valence-electron chi connectivity index (χ4n) is 2.30. The number of nitrogens with one attached hydrogen (secondary N) is 1. The van der Waals surface area contributed by atoms with Gasteiger partial charge in [-0.05, 0) is 31.0 Å². The molecule has 0 amide bonds. The summed E-state index contributed by atoms with van der Waals surface area (Å²) in [7, 11) is 0. The van der Waals surface area contributed by atoms with E-state index in [1.807, 2.05) is 25.4 Å². The van der Waals surface area contributed by atoms with E-state index < -0.39 is 0 Å². The highest BCUT2D eigenvalue weighted by molar-refractivity contribution is 5.20. The van der Waals surface area contributed by atoms with Gasteiger partial charge in [-0.3, -0.25) is 4.90 Å². The van der Waals surface area contributed by atoms with E-state index in [4.69, 9.17) is 0 Å². The van der Waals surface area contributed by atoms with E-state index in [0.717, 1.165) is 31.9 Å². The largest absolute Gasteiger partial charge is 0.364 e. The number of hydrogen-bond acceptors (Lipinski definition) is 3. The summed E-state index contributed by atoms with van der Waals surface area (Å²) < 4.78 is 0. The predicted molar refractivity (Wildman–Crippen MR) is 65.4 cm³/mol. The molecule has 4 heteroatoms. The summed E-state index contributed by atoms with van der Waals surface area (Å²) in [6, 6.07) is 4.17. The van der Waals surface area contributed by atoms with Crippen molar-refractivity contribution in [3.8, 4) is 0 Å². The summed E-state index contributed by atoms with van der Waals surface area (Å²) in [5.41, 5.74) is 3.76. The van der Waals surface area contributed by atoms with Crippen LogP contribution in [0.2, 0.25) is 0 Å². The Bertz CT molecular complexity index is 504. The van der Waals surface area contributed by atoms with Crippen LogP contribution in [0.4, 0.5) is 0 Å². The van der Waals surface area contributed by atoms with Gasteiger partial charge in [-0.1, -0.05) is 0 Å². The molecule has 0 saturated heterocycles. The van der Waals surface area contributed by atoms with Gasteiger partial charge in [-0.15, -0.1) is 0 Å². The lowest BCUT2D eigenvalue weighted by molar-refractivity contribution is 0.238. The maximum Gasteiger partial charge on any atom is 0.125 e. The molecule has 0 spiro atoms. The number of H-pyrrole nitrogens is 1. The number of hydrogen-bond donors (Lipinski definition) is 1. The summed E-state index contributed by atoms with van der Waals surface area (Å²) in [4.78, 5) is 14.5. The average molecular weight is 228 g/mol. The third kappa shape index (κ3) is 2.22.